The van der Waals surface area contributed by atoms with Crippen molar-refractivity contribution in [1.82, 2.24) is 0 Å². The summed E-state index contributed by atoms with van der Waals surface area (Å²) in [5.74, 6) is -1.55. The third-order valence-electron chi connectivity index (χ3n) is 6.99. The number of halogens is 4. The fourth-order valence-corrected chi connectivity index (χ4v) is 4.58. The highest BCUT2D eigenvalue weighted by Gasteiger charge is 2.64. The number of alkyl halides is 3. The number of ether oxygens (including phenoxy) is 3. The Morgan fingerprint density at radius 3 is 2.28 bits per heavy atom. The number of aliphatic hydroxyl groups excluding tert-OH is 4. The van der Waals surface area contributed by atoms with Gasteiger partial charge in [-0.1, -0.05) is 29.8 Å². The van der Waals surface area contributed by atoms with Crippen molar-refractivity contribution in [3.63, 3.8) is 0 Å². The minimum Gasteiger partial charge on any atom is -0.493 e. The number of rotatable bonds is 8. The van der Waals surface area contributed by atoms with Crippen LogP contribution in [0.4, 0.5) is 13.2 Å². The summed E-state index contributed by atoms with van der Waals surface area (Å²) in [6.45, 7) is -1.03. The summed E-state index contributed by atoms with van der Waals surface area (Å²) in [7, 11) is 1.26. The first-order valence-corrected chi connectivity index (χ1v) is 11.8. The minimum absolute atomic E-state index is 0.0693. The minimum atomic E-state index is -4.28. The van der Waals surface area contributed by atoms with Gasteiger partial charge in [0.15, 0.2) is 0 Å². The van der Waals surface area contributed by atoms with E-state index in [2.05, 4.69) is 0 Å². The molecule has 1 aliphatic heterocycles. The summed E-state index contributed by atoms with van der Waals surface area (Å²) in [6.07, 6.45) is -9.86. The van der Waals surface area contributed by atoms with Crippen LogP contribution in [0.1, 0.15) is 29.5 Å². The van der Waals surface area contributed by atoms with Crippen LogP contribution < -0.4 is 4.74 Å². The van der Waals surface area contributed by atoms with E-state index < -0.39 is 55.0 Å². The van der Waals surface area contributed by atoms with Crippen LogP contribution >= 0.6 is 11.6 Å². The second kappa shape index (κ2) is 10.1. The Balaban J connectivity index is 1.52. The molecule has 36 heavy (non-hydrogen) atoms. The molecule has 5 atom stereocenters. The standard InChI is InChI=1S/C25H28ClF3O7/c1-34-24(22(33)21(32)20(31)19(12-30)36-24)16-4-7-18(26)15(11-16)10-14-2-5-17(6-3-14)35-13-23(8-9-23)25(27,28)29/h2-7,11,19-22,30-33H,8-10,12-13H2,1H3. The molecule has 1 heterocycles. The Hall–Kier alpha value is -1.92. The van der Waals surface area contributed by atoms with E-state index in [0.29, 0.717) is 28.3 Å². The van der Waals surface area contributed by atoms with Gasteiger partial charge in [0.05, 0.1) is 6.61 Å². The van der Waals surface area contributed by atoms with Gasteiger partial charge in [-0.05, 0) is 54.7 Å². The maximum Gasteiger partial charge on any atom is 0.397 e. The van der Waals surface area contributed by atoms with Crippen LogP contribution in [-0.2, 0) is 21.7 Å². The maximum absolute atomic E-state index is 13.1. The van der Waals surface area contributed by atoms with E-state index in [1.54, 1.807) is 42.5 Å². The maximum atomic E-state index is 13.1. The Morgan fingerprint density at radius 1 is 1.06 bits per heavy atom. The zero-order valence-corrected chi connectivity index (χ0v) is 20.2. The van der Waals surface area contributed by atoms with Crippen molar-refractivity contribution in [3.05, 3.63) is 64.2 Å². The number of hydrogen-bond acceptors (Lipinski definition) is 7. The summed E-state index contributed by atoms with van der Waals surface area (Å²) in [5, 5.41) is 41.1. The molecule has 0 bridgehead atoms. The Labute approximate surface area is 211 Å². The summed E-state index contributed by atoms with van der Waals surface area (Å²) in [4.78, 5) is 0. The van der Waals surface area contributed by atoms with Gasteiger partial charge in [0, 0.05) is 17.7 Å². The van der Waals surface area contributed by atoms with Crippen molar-refractivity contribution in [3.8, 4) is 5.75 Å². The quantitative estimate of drug-likeness (QED) is 0.414. The lowest BCUT2D eigenvalue weighted by atomic mass is 9.87. The second-order valence-electron chi connectivity index (χ2n) is 9.33. The zero-order chi connectivity index (χ0) is 26.3. The third kappa shape index (κ3) is 4.96. The van der Waals surface area contributed by atoms with Crippen LogP contribution in [0.5, 0.6) is 5.75 Å². The van der Waals surface area contributed by atoms with E-state index >= 15 is 0 Å². The van der Waals surface area contributed by atoms with Gasteiger partial charge in [-0.25, -0.2) is 0 Å². The summed E-state index contributed by atoms with van der Waals surface area (Å²) < 4.78 is 55.9. The first-order valence-electron chi connectivity index (χ1n) is 11.4. The van der Waals surface area contributed by atoms with E-state index in [4.69, 9.17) is 25.8 Å². The molecule has 4 N–H and O–H groups in total. The fourth-order valence-electron chi connectivity index (χ4n) is 4.40. The lowest BCUT2D eigenvalue weighted by Gasteiger charge is -2.47. The number of hydrogen-bond donors (Lipinski definition) is 4. The predicted molar refractivity (Wildman–Crippen MR) is 123 cm³/mol. The molecule has 0 amide bonds. The van der Waals surface area contributed by atoms with Crippen molar-refractivity contribution >= 4 is 11.6 Å². The van der Waals surface area contributed by atoms with Gasteiger partial charge in [0.25, 0.3) is 0 Å². The van der Waals surface area contributed by atoms with Crippen LogP contribution in [0.15, 0.2) is 42.5 Å². The highest BCUT2D eigenvalue weighted by atomic mass is 35.5. The molecule has 2 aromatic carbocycles. The fraction of sp³-hybridized carbons (Fsp3) is 0.520. The average Bonchev–Trinajstić information content (AvgIpc) is 3.66. The number of benzene rings is 2. The van der Waals surface area contributed by atoms with E-state index in [-0.39, 0.29) is 12.8 Å². The molecule has 0 radical (unpaired) electrons. The van der Waals surface area contributed by atoms with E-state index in [1.165, 1.54) is 7.11 Å². The normalized spacial score (nSPS) is 29.7. The first kappa shape index (κ1) is 27.1. The molecule has 1 saturated carbocycles. The molecule has 1 saturated heterocycles. The lowest BCUT2D eigenvalue weighted by Crippen LogP contribution is -2.64. The van der Waals surface area contributed by atoms with Crippen molar-refractivity contribution < 1.29 is 47.8 Å². The molecule has 5 unspecified atom stereocenters. The van der Waals surface area contributed by atoms with Gasteiger partial charge in [-0.15, -0.1) is 0 Å². The molecule has 4 rings (SSSR count). The Morgan fingerprint density at radius 2 is 1.72 bits per heavy atom. The van der Waals surface area contributed by atoms with Gasteiger partial charge >= 0.3 is 6.18 Å². The molecule has 1 aliphatic carbocycles. The molecule has 0 aromatic heterocycles. The summed E-state index contributed by atoms with van der Waals surface area (Å²) in [6, 6.07) is 11.3. The molecule has 2 fully saturated rings. The third-order valence-corrected chi connectivity index (χ3v) is 7.36. The van der Waals surface area contributed by atoms with Crippen LogP contribution in [-0.4, -0.2) is 71.3 Å². The smallest absolute Gasteiger partial charge is 0.397 e. The van der Waals surface area contributed by atoms with Crippen LogP contribution in [0.3, 0.4) is 0 Å². The van der Waals surface area contributed by atoms with Crippen molar-refractivity contribution in [2.45, 2.75) is 55.6 Å². The predicted octanol–water partition coefficient (Wildman–Crippen LogP) is 2.93. The number of methoxy groups -OCH3 is 1. The van der Waals surface area contributed by atoms with Crippen molar-refractivity contribution in [2.75, 3.05) is 20.3 Å². The Bertz CT molecular complexity index is 1060. The molecule has 7 nitrogen and oxygen atoms in total. The second-order valence-corrected chi connectivity index (χ2v) is 9.74. The van der Waals surface area contributed by atoms with Gasteiger partial charge in [-0.3, -0.25) is 0 Å². The molecule has 0 spiro atoms. The summed E-state index contributed by atoms with van der Waals surface area (Å²) >= 11 is 6.39. The summed E-state index contributed by atoms with van der Waals surface area (Å²) in [5.41, 5.74) is -0.0339. The van der Waals surface area contributed by atoms with Gasteiger partial charge < -0.3 is 34.6 Å². The van der Waals surface area contributed by atoms with E-state index in [9.17, 15) is 33.6 Å². The van der Waals surface area contributed by atoms with E-state index in [0.717, 1.165) is 5.56 Å². The average molecular weight is 533 g/mol. The highest BCUT2D eigenvalue weighted by molar-refractivity contribution is 6.31. The van der Waals surface area contributed by atoms with Crippen molar-refractivity contribution in [1.29, 1.82) is 0 Å². The Kier molecular flexibility index (Phi) is 7.60. The molecule has 198 valence electrons. The molecular formula is C25H28ClF3O7. The van der Waals surface area contributed by atoms with Gasteiger partial charge in [-0.2, -0.15) is 13.2 Å². The van der Waals surface area contributed by atoms with Crippen LogP contribution in [0.25, 0.3) is 0 Å². The largest absolute Gasteiger partial charge is 0.493 e. The molecular weight excluding hydrogens is 505 g/mol. The molecule has 2 aromatic rings. The number of aliphatic hydroxyl groups is 4. The van der Waals surface area contributed by atoms with E-state index in [1.807, 2.05) is 0 Å². The van der Waals surface area contributed by atoms with Crippen LogP contribution in [0.2, 0.25) is 5.02 Å². The molecule has 11 heteroatoms. The first-order chi connectivity index (χ1) is 17.0. The molecule has 2 aliphatic rings. The zero-order valence-electron chi connectivity index (χ0n) is 19.4. The lowest BCUT2D eigenvalue weighted by molar-refractivity contribution is -0.366. The van der Waals surface area contributed by atoms with Crippen LogP contribution in [0, 0.1) is 5.41 Å². The van der Waals surface area contributed by atoms with Gasteiger partial charge in [0.2, 0.25) is 5.79 Å². The monoisotopic (exact) mass is 532 g/mol. The SMILES string of the molecule is COC1(c2ccc(Cl)c(Cc3ccc(OCC4(C(F)(F)F)CC4)cc3)c2)OC(CO)C(O)C(O)C1O. The highest BCUT2D eigenvalue weighted by Crippen LogP contribution is 2.57. The van der Waals surface area contributed by atoms with Gasteiger partial charge in [0.1, 0.15) is 42.2 Å². The topological polar surface area (TPSA) is 109 Å². The van der Waals surface area contributed by atoms with Crippen molar-refractivity contribution in [2.24, 2.45) is 5.41 Å².